The standard InChI is InChI=1S/C17H30O3Si/c1-13(2)21(14(3)4,15(5)6)20-12-19-17-11-9-8-10-16(17)18-7/h8-11,13-15H,12H2,1-7H3. The summed E-state index contributed by atoms with van der Waals surface area (Å²) < 4.78 is 17.5. The van der Waals surface area contributed by atoms with E-state index in [1.54, 1.807) is 7.11 Å². The molecule has 0 aliphatic carbocycles. The molecule has 0 saturated carbocycles. The van der Waals surface area contributed by atoms with Gasteiger partial charge in [-0.25, -0.2) is 0 Å². The van der Waals surface area contributed by atoms with Crippen molar-refractivity contribution in [2.75, 3.05) is 13.9 Å². The maximum atomic E-state index is 6.38. The van der Waals surface area contributed by atoms with E-state index in [-0.39, 0.29) is 0 Å². The first-order valence-electron chi connectivity index (χ1n) is 7.76. The lowest BCUT2D eigenvalue weighted by molar-refractivity contribution is 0.0988. The molecule has 120 valence electrons. The van der Waals surface area contributed by atoms with Gasteiger partial charge in [-0.05, 0) is 28.8 Å². The predicted octanol–water partition coefficient (Wildman–Crippen LogP) is 5.22. The lowest BCUT2D eigenvalue weighted by atomic mass is 10.3. The van der Waals surface area contributed by atoms with Gasteiger partial charge in [0.1, 0.15) is 0 Å². The van der Waals surface area contributed by atoms with E-state index < -0.39 is 8.32 Å². The minimum Gasteiger partial charge on any atom is -0.493 e. The van der Waals surface area contributed by atoms with Gasteiger partial charge in [0.15, 0.2) is 18.3 Å². The van der Waals surface area contributed by atoms with Crippen LogP contribution in [0.3, 0.4) is 0 Å². The van der Waals surface area contributed by atoms with Crippen LogP contribution in [0, 0.1) is 0 Å². The number of ether oxygens (including phenoxy) is 2. The van der Waals surface area contributed by atoms with Gasteiger partial charge in [0, 0.05) is 0 Å². The van der Waals surface area contributed by atoms with Crippen molar-refractivity contribution in [3.05, 3.63) is 24.3 Å². The van der Waals surface area contributed by atoms with Crippen molar-refractivity contribution >= 4 is 8.32 Å². The molecule has 4 heteroatoms. The zero-order valence-corrected chi connectivity index (χ0v) is 15.5. The highest BCUT2D eigenvalue weighted by Gasteiger charge is 2.45. The topological polar surface area (TPSA) is 27.7 Å². The van der Waals surface area contributed by atoms with Crippen LogP contribution in [0.5, 0.6) is 11.5 Å². The lowest BCUT2D eigenvalue weighted by Crippen LogP contribution is -2.48. The van der Waals surface area contributed by atoms with Crippen molar-refractivity contribution in [2.24, 2.45) is 0 Å². The Labute approximate surface area is 130 Å². The smallest absolute Gasteiger partial charge is 0.204 e. The average Bonchev–Trinajstić information content (AvgIpc) is 2.42. The molecule has 0 aliphatic rings. The van der Waals surface area contributed by atoms with Crippen molar-refractivity contribution in [1.82, 2.24) is 0 Å². The first kappa shape index (κ1) is 18.0. The van der Waals surface area contributed by atoms with Crippen molar-refractivity contribution in [3.63, 3.8) is 0 Å². The monoisotopic (exact) mass is 310 g/mol. The lowest BCUT2D eigenvalue weighted by Gasteiger charge is -2.41. The van der Waals surface area contributed by atoms with E-state index in [2.05, 4.69) is 41.5 Å². The van der Waals surface area contributed by atoms with Crippen molar-refractivity contribution in [1.29, 1.82) is 0 Å². The largest absolute Gasteiger partial charge is 0.493 e. The van der Waals surface area contributed by atoms with Crippen LogP contribution < -0.4 is 9.47 Å². The van der Waals surface area contributed by atoms with Crippen LogP contribution in [0.25, 0.3) is 0 Å². The number of hydrogen-bond donors (Lipinski definition) is 0. The first-order valence-corrected chi connectivity index (χ1v) is 9.90. The summed E-state index contributed by atoms with van der Waals surface area (Å²) in [5.41, 5.74) is 1.66. The number of benzene rings is 1. The summed E-state index contributed by atoms with van der Waals surface area (Å²) in [6.45, 7) is 13.9. The first-order chi connectivity index (χ1) is 9.86. The third-order valence-electron chi connectivity index (χ3n) is 4.30. The van der Waals surface area contributed by atoms with E-state index in [1.807, 2.05) is 24.3 Å². The van der Waals surface area contributed by atoms with E-state index in [4.69, 9.17) is 13.9 Å². The molecule has 1 rings (SSSR count). The van der Waals surface area contributed by atoms with Gasteiger partial charge in [-0.3, -0.25) is 0 Å². The van der Waals surface area contributed by atoms with E-state index in [9.17, 15) is 0 Å². The molecule has 1 aromatic rings. The highest BCUT2D eigenvalue weighted by atomic mass is 28.4. The SMILES string of the molecule is COc1ccccc1OCO[Si](C(C)C)(C(C)C)C(C)C. The molecule has 0 atom stereocenters. The normalized spacial score (nSPS) is 12.3. The minimum atomic E-state index is -1.87. The third-order valence-corrected chi connectivity index (χ3v) is 10.3. The molecule has 3 nitrogen and oxygen atoms in total. The highest BCUT2D eigenvalue weighted by molar-refractivity contribution is 6.77. The molecule has 0 fully saturated rings. The summed E-state index contributed by atoms with van der Waals surface area (Å²) in [5.74, 6) is 1.48. The molecule has 0 radical (unpaired) electrons. The summed E-state index contributed by atoms with van der Waals surface area (Å²) in [4.78, 5) is 0. The second-order valence-electron chi connectivity index (χ2n) is 6.38. The Balaban J connectivity index is 2.79. The van der Waals surface area contributed by atoms with Crippen LogP contribution in [-0.4, -0.2) is 22.2 Å². The Morgan fingerprint density at radius 1 is 0.857 bits per heavy atom. The maximum Gasteiger partial charge on any atom is 0.204 e. The number of para-hydroxylation sites is 2. The predicted molar refractivity (Wildman–Crippen MR) is 90.6 cm³/mol. The molecule has 0 N–H and O–H groups in total. The van der Waals surface area contributed by atoms with Gasteiger partial charge in [0.2, 0.25) is 8.32 Å². The van der Waals surface area contributed by atoms with E-state index in [1.165, 1.54) is 0 Å². The Bertz CT molecular complexity index is 408. The van der Waals surface area contributed by atoms with Gasteiger partial charge in [-0.15, -0.1) is 0 Å². The number of hydrogen-bond acceptors (Lipinski definition) is 3. The van der Waals surface area contributed by atoms with Crippen LogP contribution >= 0.6 is 0 Å². The molecule has 0 aromatic heterocycles. The Kier molecular flexibility index (Phi) is 6.75. The second kappa shape index (κ2) is 7.85. The van der Waals surface area contributed by atoms with Crippen molar-refractivity contribution < 1.29 is 13.9 Å². The minimum absolute atomic E-state index is 0.293. The Hall–Kier alpha value is -1.00. The number of methoxy groups -OCH3 is 1. The summed E-state index contributed by atoms with van der Waals surface area (Å²) >= 11 is 0. The zero-order chi connectivity index (χ0) is 16.0. The van der Waals surface area contributed by atoms with Crippen molar-refractivity contribution in [2.45, 2.75) is 58.2 Å². The third kappa shape index (κ3) is 4.01. The van der Waals surface area contributed by atoms with Gasteiger partial charge in [0.25, 0.3) is 0 Å². The van der Waals surface area contributed by atoms with Gasteiger partial charge >= 0.3 is 0 Å². The van der Waals surface area contributed by atoms with E-state index >= 15 is 0 Å². The van der Waals surface area contributed by atoms with Crippen LogP contribution in [-0.2, 0) is 4.43 Å². The van der Waals surface area contributed by atoms with Gasteiger partial charge < -0.3 is 13.9 Å². The zero-order valence-electron chi connectivity index (χ0n) is 14.5. The molecule has 0 unspecified atom stereocenters. The molecule has 0 spiro atoms. The number of rotatable bonds is 8. The molecule has 0 amide bonds. The molecular formula is C17H30O3Si. The fourth-order valence-electron chi connectivity index (χ4n) is 3.43. The van der Waals surface area contributed by atoms with Crippen molar-refractivity contribution in [3.8, 4) is 11.5 Å². The summed E-state index contributed by atoms with van der Waals surface area (Å²) in [5, 5.41) is 0. The van der Waals surface area contributed by atoms with Gasteiger partial charge in [-0.1, -0.05) is 53.7 Å². The van der Waals surface area contributed by atoms with Crippen LogP contribution in [0.1, 0.15) is 41.5 Å². The summed E-state index contributed by atoms with van der Waals surface area (Å²) in [6.07, 6.45) is 0. The second-order valence-corrected chi connectivity index (χ2v) is 11.8. The molecule has 0 bridgehead atoms. The van der Waals surface area contributed by atoms with Crippen LogP contribution in [0.2, 0.25) is 16.6 Å². The molecule has 21 heavy (non-hydrogen) atoms. The molecule has 1 aromatic carbocycles. The summed E-state index contributed by atoms with van der Waals surface area (Å²) in [7, 11) is -0.224. The average molecular weight is 311 g/mol. The van der Waals surface area contributed by atoms with E-state index in [0.717, 1.165) is 11.5 Å². The Morgan fingerprint density at radius 2 is 1.33 bits per heavy atom. The molecule has 0 saturated heterocycles. The van der Waals surface area contributed by atoms with Gasteiger partial charge in [0.05, 0.1) is 7.11 Å². The van der Waals surface area contributed by atoms with E-state index in [0.29, 0.717) is 23.4 Å². The fourth-order valence-corrected chi connectivity index (χ4v) is 8.70. The maximum absolute atomic E-state index is 6.38. The quantitative estimate of drug-likeness (QED) is 0.486. The highest BCUT2D eigenvalue weighted by Crippen LogP contribution is 2.42. The summed E-state index contributed by atoms with van der Waals surface area (Å²) in [6, 6.07) is 7.68. The van der Waals surface area contributed by atoms with Crippen LogP contribution in [0.4, 0.5) is 0 Å². The fraction of sp³-hybridized carbons (Fsp3) is 0.647. The molecular weight excluding hydrogens is 280 g/mol. The van der Waals surface area contributed by atoms with Crippen LogP contribution in [0.15, 0.2) is 24.3 Å². The molecule has 0 aliphatic heterocycles. The Morgan fingerprint density at radius 3 is 1.76 bits per heavy atom. The molecule has 0 heterocycles. The van der Waals surface area contributed by atoms with Gasteiger partial charge in [-0.2, -0.15) is 0 Å².